The molecule has 5 rings (SSSR count). The molecule has 0 aliphatic heterocycles. The standard InChI is InChI=1S/C26H26N2O/c1-14(2)8-17-10-19-9-15(3)16(4)23-24(19)22(11-17)29-26-21-12-20(27)7-6-18(21)13-28(5)25(23)26/h6-7,9-14,27H,8H2,1-5H3. The fourth-order valence-electron chi connectivity index (χ4n) is 4.70. The van der Waals surface area contributed by atoms with Crippen LogP contribution in [0.3, 0.4) is 0 Å². The van der Waals surface area contributed by atoms with Gasteiger partial charge in [-0.2, -0.15) is 0 Å². The zero-order valence-electron chi connectivity index (χ0n) is 17.7. The van der Waals surface area contributed by atoms with E-state index in [1.54, 1.807) is 0 Å². The van der Waals surface area contributed by atoms with Crippen molar-refractivity contribution in [3.05, 3.63) is 64.6 Å². The molecule has 0 fully saturated rings. The molecule has 1 N–H and O–H groups in total. The maximum atomic E-state index is 8.13. The molecule has 0 amide bonds. The van der Waals surface area contributed by atoms with Gasteiger partial charge in [0.2, 0.25) is 0 Å². The largest absolute Gasteiger partial charge is 0.454 e. The van der Waals surface area contributed by atoms with Crippen LogP contribution in [-0.2, 0) is 13.5 Å². The molecule has 2 heterocycles. The first-order valence-corrected chi connectivity index (χ1v) is 10.3. The second-order valence-electron chi connectivity index (χ2n) is 8.81. The van der Waals surface area contributed by atoms with E-state index in [-0.39, 0.29) is 0 Å². The number of hydrogen-bond donors (Lipinski definition) is 1. The van der Waals surface area contributed by atoms with E-state index in [0.717, 1.165) is 33.9 Å². The topological polar surface area (TPSA) is 41.9 Å². The summed E-state index contributed by atoms with van der Waals surface area (Å²) in [4.78, 5) is 0. The highest BCUT2D eigenvalue weighted by atomic mass is 16.3. The summed E-state index contributed by atoms with van der Waals surface area (Å²) in [7, 11) is 2.09. The number of fused-ring (bicyclic) bond motifs is 4. The van der Waals surface area contributed by atoms with Gasteiger partial charge in [0, 0.05) is 34.8 Å². The zero-order valence-corrected chi connectivity index (χ0v) is 17.7. The van der Waals surface area contributed by atoms with Gasteiger partial charge >= 0.3 is 0 Å². The van der Waals surface area contributed by atoms with E-state index in [1.165, 1.54) is 32.8 Å². The fourth-order valence-corrected chi connectivity index (χ4v) is 4.70. The van der Waals surface area contributed by atoms with Gasteiger partial charge in [-0.15, -0.1) is 0 Å². The molecule has 0 radical (unpaired) electrons. The van der Waals surface area contributed by atoms with E-state index in [0.29, 0.717) is 11.3 Å². The molecule has 0 saturated heterocycles. The van der Waals surface area contributed by atoms with Crippen LogP contribution in [0.4, 0.5) is 0 Å². The minimum Gasteiger partial charge on any atom is -0.454 e. The summed E-state index contributed by atoms with van der Waals surface area (Å²) >= 11 is 0. The first-order valence-electron chi connectivity index (χ1n) is 10.3. The van der Waals surface area contributed by atoms with Crippen LogP contribution in [0.2, 0.25) is 0 Å². The van der Waals surface area contributed by atoms with Crippen molar-refractivity contribution in [3.63, 3.8) is 0 Å². The summed E-state index contributed by atoms with van der Waals surface area (Å²) in [6, 6.07) is 12.6. The lowest BCUT2D eigenvalue weighted by Gasteiger charge is -2.18. The molecule has 146 valence electrons. The van der Waals surface area contributed by atoms with Crippen LogP contribution < -0.4 is 5.36 Å². The predicted octanol–water partition coefficient (Wildman–Crippen LogP) is 6.53. The van der Waals surface area contributed by atoms with Gasteiger partial charge < -0.3 is 14.4 Å². The molecule has 3 nitrogen and oxygen atoms in total. The summed E-state index contributed by atoms with van der Waals surface area (Å²) < 4.78 is 8.79. The van der Waals surface area contributed by atoms with E-state index in [2.05, 4.69) is 63.7 Å². The Morgan fingerprint density at radius 2 is 1.79 bits per heavy atom. The van der Waals surface area contributed by atoms with Crippen LogP contribution in [0.5, 0.6) is 0 Å². The van der Waals surface area contributed by atoms with Crippen LogP contribution in [0, 0.1) is 25.2 Å². The summed E-state index contributed by atoms with van der Waals surface area (Å²) in [6.45, 7) is 8.90. The zero-order chi connectivity index (χ0) is 20.4. The number of nitrogens with one attached hydrogen (secondary N) is 1. The molecule has 2 aromatic heterocycles. The van der Waals surface area contributed by atoms with E-state index in [4.69, 9.17) is 9.83 Å². The third-order valence-corrected chi connectivity index (χ3v) is 6.07. The lowest BCUT2D eigenvalue weighted by Crippen LogP contribution is -2.02. The molecular weight excluding hydrogens is 356 g/mol. The molecule has 0 saturated carbocycles. The van der Waals surface area contributed by atoms with Crippen molar-refractivity contribution < 1.29 is 4.42 Å². The molecule has 0 unspecified atom stereocenters. The average Bonchev–Trinajstić information content (AvgIpc) is 2.65. The Morgan fingerprint density at radius 3 is 2.55 bits per heavy atom. The number of nitrogens with zero attached hydrogens (tertiary/aromatic N) is 1. The highest BCUT2D eigenvalue weighted by Crippen LogP contribution is 2.39. The normalized spacial score (nSPS) is 12.2. The molecule has 0 bridgehead atoms. The number of aromatic nitrogens is 1. The smallest absolute Gasteiger partial charge is 0.159 e. The van der Waals surface area contributed by atoms with Crippen LogP contribution in [0.1, 0.15) is 30.5 Å². The van der Waals surface area contributed by atoms with Crippen LogP contribution in [0.25, 0.3) is 43.6 Å². The molecule has 0 spiro atoms. The third-order valence-electron chi connectivity index (χ3n) is 6.07. The highest BCUT2D eigenvalue weighted by molar-refractivity contribution is 6.21. The minimum absolute atomic E-state index is 0.502. The number of rotatable bonds is 2. The van der Waals surface area contributed by atoms with E-state index < -0.39 is 0 Å². The van der Waals surface area contributed by atoms with Gasteiger partial charge in [-0.05, 0) is 66.5 Å². The molecule has 29 heavy (non-hydrogen) atoms. The Bertz CT molecular complexity index is 1500. The van der Waals surface area contributed by atoms with Gasteiger partial charge in [-0.25, -0.2) is 0 Å². The molecule has 3 heteroatoms. The Kier molecular flexibility index (Phi) is 3.86. The molecule has 5 aromatic rings. The van der Waals surface area contributed by atoms with Crippen LogP contribution in [-0.4, -0.2) is 4.57 Å². The van der Waals surface area contributed by atoms with Gasteiger partial charge in [0.15, 0.2) is 5.58 Å². The average molecular weight is 383 g/mol. The van der Waals surface area contributed by atoms with Crippen LogP contribution in [0.15, 0.2) is 47.0 Å². The minimum atomic E-state index is 0.502. The summed E-state index contributed by atoms with van der Waals surface area (Å²) in [5.74, 6) is 0.589. The quantitative estimate of drug-likeness (QED) is 0.274. The second-order valence-corrected chi connectivity index (χ2v) is 8.81. The van der Waals surface area contributed by atoms with Crippen molar-refractivity contribution in [1.82, 2.24) is 4.57 Å². The van der Waals surface area contributed by atoms with Crippen molar-refractivity contribution in [3.8, 4) is 0 Å². The SMILES string of the molecule is Cc1cc2cc(CC(C)C)cc3oc4c5cc(=N)ccc5cn(C)c4c(c1C)c23. The third kappa shape index (κ3) is 2.68. The highest BCUT2D eigenvalue weighted by Gasteiger charge is 2.18. The Balaban J connectivity index is 2.09. The fraction of sp³-hybridized carbons (Fsp3) is 0.269. The number of hydrogen-bond acceptors (Lipinski definition) is 2. The number of aryl methyl sites for hydroxylation is 3. The van der Waals surface area contributed by atoms with E-state index in [1.807, 2.05) is 18.2 Å². The van der Waals surface area contributed by atoms with Crippen LogP contribution >= 0.6 is 0 Å². The Morgan fingerprint density at radius 1 is 1.00 bits per heavy atom. The molecule has 0 aliphatic rings. The predicted molar refractivity (Wildman–Crippen MR) is 122 cm³/mol. The monoisotopic (exact) mass is 382 g/mol. The van der Waals surface area contributed by atoms with Gasteiger partial charge in [0.05, 0.1) is 10.9 Å². The van der Waals surface area contributed by atoms with Crippen molar-refractivity contribution in [2.24, 2.45) is 13.0 Å². The van der Waals surface area contributed by atoms with Crippen molar-refractivity contribution in [2.75, 3.05) is 0 Å². The van der Waals surface area contributed by atoms with Gasteiger partial charge in [-0.1, -0.05) is 32.0 Å². The Labute approximate surface area is 170 Å². The van der Waals surface area contributed by atoms with Gasteiger partial charge in [0.25, 0.3) is 0 Å². The van der Waals surface area contributed by atoms with Crippen molar-refractivity contribution in [1.29, 1.82) is 5.41 Å². The molecule has 3 aromatic carbocycles. The summed E-state index contributed by atoms with van der Waals surface area (Å²) in [5, 5.41) is 14.4. The second kappa shape index (κ2) is 6.21. The van der Waals surface area contributed by atoms with Crippen molar-refractivity contribution >= 4 is 43.6 Å². The summed E-state index contributed by atoms with van der Waals surface area (Å²) in [5.41, 5.74) is 6.79. The van der Waals surface area contributed by atoms with E-state index >= 15 is 0 Å². The van der Waals surface area contributed by atoms with E-state index in [9.17, 15) is 0 Å². The first-order chi connectivity index (χ1) is 13.8. The lowest BCUT2D eigenvalue weighted by atomic mass is 9.92. The Hall–Kier alpha value is -3.07. The number of pyridine rings is 1. The summed E-state index contributed by atoms with van der Waals surface area (Å²) in [6.07, 6.45) is 3.17. The van der Waals surface area contributed by atoms with Gasteiger partial charge in [-0.3, -0.25) is 0 Å². The maximum Gasteiger partial charge on any atom is 0.159 e. The molecular formula is C26H26N2O. The van der Waals surface area contributed by atoms with Crippen molar-refractivity contribution in [2.45, 2.75) is 34.1 Å². The molecule has 0 atom stereocenters. The lowest BCUT2D eigenvalue weighted by molar-refractivity contribution is 0.641. The van der Waals surface area contributed by atoms with Gasteiger partial charge in [0.1, 0.15) is 5.58 Å². The molecule has 0 aliphatic carbocycles. The first kappa shape index (κ1) is 18.0. The number of benzene rings is 3. The maximum absolute atomic E-state index is 8.13.